The Balaban J connectivity index is 2.01. The quantitative estimate of drug-likeness (QED) is 0.782. The van der Waals surface area contributed by atoms with E-state index >= 15 is 0 Å². The molecule has 0 radical (unpaired) electrons. The molecule has 108 valence electrons. The predicted molar refractivity (Wildman–Crippen MR) is 81.3 cm³/mol. The first-order valence-electron chi connectivity index (χ1n) is 5.77. The van der Waals surface area contributed by atoms with Crippen molar-refractivity contribution in [2.24, 2.45) is 0 Å². The number of nitrogens with one attached hydrogen (secondary N) is 1. The van der Waals surface area contributed by atoms with Crippen molar-refractivity contribution in [1.29, 1.82) is 0 Å². The number of anilines is 1. The van der Waals surface area contributed by atoms with Crippen molar-refractivity contribution in [3.05, 3.63) is 52.8 Å². The van der Waals surface area contributed by atoms with E-state index < -0.39 is 10.0 Å². The van der Waals surface area contributed by atoms with Crippen LogP contribution in [0.4, 0.5) is 5.69 Å². The molecule has 8 heteroatoms. The minimum Gasteiger partial charge on any atom is -0.443 e. The van der Waals surface area contributed by atoms with Gasteiger partial charge in [0.25, 0.3) is 10.0 Å². The van der Waals surface area contributed by atoms with E-state index in [4.69, 9.17) is 27.6 Å². The Hall–Kier alpha value is -1.76. The Bertz CT molecular complexity index is 922. The zero-order chi connectivity index (χ0) is 15.0. The number of benzene rings is 2. The van der Waals surface area contributed by atoms with Crippen molar-refractivity contribution in [2.75, 3.05) is 4.72 Å². The Kier molecular flexibility index (Phi) is 3.52. The van der Waals surface area contributed by atoms with Crippen molar-refractivity contribution in [3.63, 3.8) is 0 Å². The highest BCUT2D eigenvalue weighted by Crippen LogP contribution is 2.31. The standard InChI is InChI=1S/C13H8Cl2N2O3S/c14-9-2-1-3-11(13(9)15)17-21(18,19)8-4-5-10-12(6-8)20-7-16-10/h1-7,17H. The van der Waals surface area contributed by atoms with Crippen molar-refractivity contribution < 1.29 is 12.8 Å². The van der Waals surface area contributed by atoms with Gasteiger partial charge in [-0.05, 0) is 24.3 Å². The summed E-state index contributed by atoms with van der Waals surface area (Å²) in [4.78, 5) is 3.98. The second-order valence-electron chi connectivity index (χ2n) is 4.19. The normalized spacial score (nSPS) is 11.7. The van der Waals surface area contributed by atoms with E-state index in [9.17, 15) is 8.42 Å². The lowest BCUT2D eigenvalue weighted by atomic mass is 10.3. The zero-order valence-electron chi connectivity index (χ0n) is 10.4. The third kappa shape index (κ3) is 2.70. The predicted octanol–water partition coefficient (Wildman–Crippen LogP) is 3.94. The van der Waals surface area contributed by atoms with Gasteiger partial charge in [0.05, 0.1) is 20.6 Å². The molecule has 0 saturated heterocycles. The van der Waals surface area contributed by atoms with Gasteiger partial charge in [0, 0.05) is 6.07 Å². The second-order valence-corrected chi connectivity index (χ2v) is 6.66. The Morgan fingerprint density at radius 3 is 2.76 bits per heavy atom. The molecule has 3 rings (SSSR count). The molecule has 5 nitrogen and oxygen atoms in total. The van der Waals surface area contributed by atoms with Crippen molar-refractivity contribution in [2.45, 2.75) is 4.90 Å². The van der Waals surface area contributed by atoms with E-state index in [1.807, 2.05) is 0 Å². The molecular weight excluding hydrogens is 335 g/mol. The average molecular weight is 343 g/mol. The van der Waals surface area contributed by atoms with Crippen LogP contribution in [0, 0.1) is 0 Å². The van der Waals surface area contributed by atoms with Gasteiger partial charge in [0.1, 0.15) is 5.52 Å². The van der Waals surface area contributed by atoms with Gasteiger partial charge < -0.3 is 4.42 Å². The maximum absolute atomic E-state index is 12.4. The third-order valence-corrected chi connectivity index (χ3v) is 4.99. The van der Waals surface area contributed by atoms with Crippen LogP contribution < -0.4 is 4.72 Å². The van der Waals surface area contributed by atoms with Gasteiger partial charge in [-0.15, -0.1) is 0 Å². The van der Waals surface area contributed by atoms with E-state index in [0.717, 1.165) is 0 Å². The van der Waals surface area contributed by atoms with E-state index in [-0.39, 0.29) is 20.6 Å². The van der Waals surface area contributed by atoms with Crippen LogP contribution in [0.25, 0.3) is 11.1 Å². The molecule has 0 aliphatic heterocycles. The first-order valence-corrected chi connectivity index (χ1v) is 8.01. The number of hydrogen-bond acceptors (Lipinski definition) is 4. The Labute approximate surface area is 130 Å². The summed E-state index contributed by atoms with van der Waals surface area (Å²) in [7, 11) is -3.80. The molecule has 0 atom stereocenters. The minimum absolute atomic E-state index is 0.0443. The van der Waals surface area contributed by atoms with Crippen LogP contribution in [-0.4, -0.2) is 13.4 Å². The van der Waals surface area contributed by atoms with Crippen molar-refractivity contribution in [1.82, 2.24) is 4.98 Å². The van der Waals surface area contributed by atoms with Crippen LogP contribution in [0.5, 0.6) is 0 Å². The monoisotopic (exact) mass is 342 g/mol. The smallest absolute Gasteiger partial charge is 0.262 e. The highest BCUT2D eigenvalue weighted by molar-refractivity contribution is 7.92. The lowest BCUT2D eigenvalue weighted by Crippen LogP contribution is -2.13. The van der Waals surface area contributed by atoms with E-state index in [1.165, 1.54) is 24.6 Å². The molecule has 0 aliphatic rings. The lowest BCUT2D eigenvalue weighted by Gasteiger charge is -2.10. The number of nitrogens with zero attached hydrogens (tertiary/aromatic N) is 1. The summed E-state index contributed by atoms with van der Waals surface area (Å²) in [5.41, 5.74) is 1.17. The van der Waals surface area contributed by atoms with Crippen LogP contribution in [0.15, 0.2) is 52.1 Å². The summed E-state index contributed by atoms with van der Waals surface area (Å²) in [6, 6.07) is 9.09. The largest absolute Gasteiger partial charge is 0.443 e. The molecule has 0 fully saturated rings. The summed E-state index contributed by atoms with van der Waals surface area (Å²) >= 11 is 11.8. The van der Waals surface area contributed by atoms with Gasteiger partial charge in [0.15, 0.2) is 12.0 Å². The van der Waals surface area contributed by atoms with Gasteiger partial charge >= 0.3 is 0 Å². The molecule has 0 aliphatic carbocycles. The van der Waals surface area contributed by atoms with Crippen LogP contribution in [-0.2, 0) is 10.0 Å². The Morgan fingerprint density at radius 1 is 1.14 bits per heavy atom. The minimum atomic E-state index is -3.80. The first kappa shape index (κ1) is 14.2. The molecule has 1 heterocycles. The van der Waals surface area contributed by atoms with Gasteiger partial charge in [-0.3, -0.25) is 4.72 Å². The fourth-order valence-electron chi connectivity index (χ4n) is 1.79. The van der Waals surface area contributed by atoms with E-state index in [2.05, 4.69) is 9.71 Å². The number of aromatic nitrogens is 1. The molecule has 0 unspecified atom stereocenters. The number of sulfonamides is 1. The average Bonchev–Trinajstić information content (AvgIpc) is 2.91. The summed E-state index contributed by atoms with van der Waals surface area (Å²) < 4.78 is 32.2. The van der Waals surface area contributed by atoms with Gasteiger partial charge in [-0.1, -0.05) is 29.3 Å². The molecule has 1 aromatic heterocycles. The van der Waals surface area contributed by atoms with Crippen LogP contribution in [0.2, 0.25) is 10.0 Å². The van der Waals surface area contributed by atoms with Gasteiger partial charge in [-0.2, -0.15) is 0 Å². The number of oxazole rings is 1. The van der Waals surface area contributed by atoms with Gasteiger partial charge in [0.2, 0.25) is 0 Å². The highest BCUT2D eigenvalue weighted by Gasteiger charge is 2.18. The fourth-order valence-corrected chi connectivity index (χ4v) is 3.28. The molecule has 3 aromatic rings. The summed E-state index contributed by atoms with van der Waals surface area (Å²) in [6.45, 7) is 0. The SMILES string of the molecule is O=S(=O)(Nc1cccc(Cl)c1Cl)c1ccc2ncoc2c1. The number of hydrogen-bond donors (Lipinski definition) is 1. The van der Waals surface area contributed by atoms with Crippen LogP contribution in [0.3, 0.4) is 0 Å². The molecule has 0 spiro atoms. The van der Waals surface area contributed by atoms with E-state index in [1.54, 1.807) is 18.2 Å². The maximum atomic E-state index is 12.4. The highest BCUT2D eigenvalue weighted by atomic mass is 35.5. The summed E-state index contributed by atoms with van der Waals surface area (Å²) in [5.74, 6) is 0. The van der Waals surface area contributed by atoms with E-state index in [0.29, 0.717) is 11.1 Å². The second kappa shape index (κ2) is 5.22. The number of rotatable bonds is 3. The maximum Gasteiger partial charge on any atom is 0.262 e. The zero-order valence-corrected chi connectivity index (χ0v) is 12.7. The topological polar surface area (TPSA) is 72.2 Å². The van der Waals surface area contributed by atoms with Crippen molar-refractivity contribution >= 4 is 50.0 Å². The van der Waals surface area contributed by atoms with Crippen LogP contribution in [0.1, 0.15) is 0 Å². The number of halogens is 2. The molecule has 0 bridgehead atoms. The van der Waals surface area contributed by atoms with Crippen LogP contribution >= 0.6 is 23.2 Å². The molecule has 21 heavy (non-hydrogen) atoms. The molecule has 0 saturated carbocycles. The lowest BCUT2D eigenvalue weighted by molar-refractivity contribution is 0.594. The Morgan fingerprint density at radius 2 is 1.95 bits per heavy atom. The molecule has 2 aromatic carbocycles. The van der Waals surface area contributed by atoms with Crippen molar-refractivity contribution in [3.8, 4) is 0 Å². The molecular formula is C13H8Cl2N2O3S. The third-order valence-electron chi connectivity index (χ3n) is 2.81. The number of fused-ring (bicyclic) bond motifs is 1. The fraction of sp³-hybridized carbons (Fsp3) is 0. The van der Waals surface area contributed by atoms with Gasteiger partial charge in [-0.25, -0.2) is 13.4 Å². The summed E-state index contributed by atoms with van der Waals surface area (Å²) in [5, 5.41) is 0.408. The summed E-state index contributed by atoms with van der Waals surface area (Å²) in [6.07, 6.45) is 1.25. The first-order chi connectivity index (χ1) is 9.97. The molecule has 1 N–H and O–H groups in total. The molecule has 0 amide bonds.